The number of aryl methyl sites for hydroxylation is 1. The van der Waals surface area contributed by atoms with Crippen molar-refractivity contribution in [2.24, 2.45) is 0 Å². The zero-order chi connectivity index (χ0) is 14.1. The number of fused-ring (bicyclic) bond motifs is 1. The Labute approximate surface area is 122 Å². The van der Waals surface area contributed by atoms with Crippen LogP contribution in [0, 0.1) is 6.92 Å². The van der Waals surface area contributed by atoms with Crippen LogP contribution in [0.2, 0.25) is 5.02 Å². The third-order valence-electron chi connectivity index (χ3n) is 3.23. The van der Waals surface area contributed by atoms with Gasteiger partial charge in [-0.25, -0.2) is 4.98 Å². The molecule has 0 bridgehead atoms. The van der Waals surface area contributed by atoms with Crippen molar-refractivity contribution in [1.82, 2.24) is 9.97 Å². The van der Waals surface area contributed by atoms with Gasteiger partial charge in [-0.05, 0) is 43.7 Å². The molecule has 0 aliphatic carbocycles. The molecule has 3 rings (SSSR count). The summed E-state index contributed by atoms with van der Waals surface area (Å²) in [4.78, 5) is 7.92. The van der Waals surface area contributed by atoms with Gasteiger partial charge in [-0.1, -0.05) is 29.8 Å². The van der Waals surface area contributed by atoms with Gasteiger partial charge in [0.2, 0.25) is 0 Å². The number of rotatable bonds is 3. The Bertz CT molecular complexity index is 751. The predicted molar refractivity (Wildman–Crippen MR) is 81.3 cm³/mol. The zero-order valence-corrected chi connectivity index (χ0v) is 12.1. The maximum absolute atomic E-state index is 5.96. The van der Waals surface area contributed by atoms with E-state index in [1.807, 2.05) is 37.3 Å². The Kier molecular flexibility index (Phi) is 3.36. The van der Waals surface area contributed by atoms with Crippen molar-refractivity contribution in [3.8, 4) is 5.75 Å². The molecule has 0 saturated carbocycles. The van der Waals surface area contributed by atoms with Crippen molar-refractivity contribution < 1.29 is 4.74 Å². The second-order valence-electron chi connectivity index (χ2n) is 4.81. The molecule has 20 heavy (non-hydrogen) atoms. The van der Waals surface area contributed by atoms with Gasteiger partial charge in [0.25, 0.3) is 0 Å². The number of ether oxygens (including phenoxy) is 1. The molecule has 3 aromatic rings. The number of para-hydroxylation sites is 1. The third-order valence-corrected chi connectivity index (χ3v) is 3.46. The number of aromatic amines is 1. The summed E-state index contributed by atoms with van der Waals surface area (Å²) in [6.07, 6.45) is -0.166. The van der Waals surface area contributed by atoms with Crippen LogP contribution in [0.1, 0.15) is 24.4 Å². The molecule has 1 atom stereocenters. The van der Waals surface area contributed by atoms with Crippen LogP contribution in [0.4, 0.5) is 0 Å². The number of imidazole rings is 1. The van der Waals surface area contributed by atoms with Crippen LogP contribution in [-0.2, 0) is 0 Å². The topological polar surface area (TPSA) is 37.9 Å². The molecule has 1 heterocycles. The molecule has 1 unspecified atom stereocenters. The smallest absolute Gasteiger partial charge is 0.153 e. The highest BCUT2D eigenvalue weighted by Crippen LogP contribution is 2.25. The number of nitrogens with one attached hydrogen (secondary N) is 1. The van der Waals surface area contributed by atoms with Crippen molar-refractivity contribution >= 4 is 22.6 Å². The molecule has 102 valence electrons. The summed E-state index contributed by atoms with van der Waals surface area (Å²) in [7, 11) is 0. The summed E-state index contributed by atoms with van der Waals surface area (Å²) in [5, 5.41) is 0.662. The van der Waals surface area contributed by atoms with Crippen LogP contribution < -0.4 is 4.74 Å². The zero-order valence-electron chi connectivity index (χ0n) is 11.4. The van der Waals surface area contributed by atoms with Crippen LogP contribution in [0.5, 0.6) is 5.75 Å². The molecule has 0 fully saturated rings. The van der Waals surface area contributed by atoms with Crippen LogP contribution in [-0.4, -0.2) is 9.97 Å². The molecule has 0 radical (unpaired) electrons. The van der Waals surface area contributed by atoms with E-state index in [0.29, 0.717) is 5.02 Å². The molecule has 0 aliphatic heterocycles. The average molecular weight is 287 g/mol. The van der Waals surface area contributed by atoms with E-state index in [9.17, 15) is 0 Å². The van der Waals surface area contributed by atoms with Crippen LogP contribution in [0.15, 0.2) is 42.5 Å². The van der Waals surface area contributed by atoms with Gasteiger partial charge in [-0.2, -0.15) is 0 Å². The third kappa shape index (κ3) is 2.49. The van der Waals surface area contributed by atoms with Crippen molar-refractivity contribution in [3.05, 3.63) is 58.9 Å². The van der Waals surface area contributed by atoms with Gasteiger partial charge < -0.3 is 9.72 Å². The van der Waals surface area contributed by atoms with Gasteiger partial charge in [0.1, 0.15) is 11.6 Å². The lowest BCUT2D eigenvalue weighted by Crippen LogP contribution is -2.04. The van der Waals surface area contributed by atoms with E-state index < -0.39 is 0 Å². The van der Waals surface area contributed by atoms with E-state index in [0.717, 1.165) is 28.2 Å². The fourth-order valence-corrected chi connectivity index (χ4v) is 2.37. The van der Waals surface area contributed by atoms with E-state index in [2.05, 4.69) is 23.0 Å². The minimum Gasteiger partial charge on any atom is -0.483 e. The van der Waals surface area contributed by atoms with Crippen molar-refractivity contribution in [3.63, 3.8) is 0 Å². The molecule has 3 nitrogen and oxygen atoms in total. The normalized spacial score (nSPS) is 12.6. The lowest BCUT2D eigenvalue weighted by Gasteiger charge is -2.12. The standard InChI is InChI=1S/C16H15ClN2O/c1-10-5-3-8-14-15(10)19-16(18-14)11(2)20-13-7-4-6-12(17)9-13/h3-9,11H,1-2H3,(H,18,19). The van der Waals surface area contributed by atoms with E-state index >= 15 is 0 Å². The SMILES string of the molecule is Cc1cccc2[nH]c(C(C)Oc3cccc(Cl)c3)nc12. The van der Waals surface area contributed by atoms with Gasteiger partial charge in [0, 0.05) is 5.02 Å². The van der Waals surface area contributed by atoms with E-state index in [1.165, 1.54) is 0 Å². The largest absolute Gasteiger partial charge is 0.483 e. The average Bonchev–Trinajstić information content (AvgIpc) is 2.84. The van der Waals surface area contributed by atoms with Gasteiger partial charge in [-0.3, -0.25) is 0 Å². The molecule has 0 aliphatic rings. The molecule has 0 spiro atoms. The number of H-pyrrole nitrogens is 1. The van der Waals surface area contributed by atoms with Crippen molar-refractivity contribution in [2.45, 2.75) is 20.0 Å². The van der Waals surface area contributed by atoms with Crippen LogP contribution in [0.3, 0.4) is 0 Å². The molecule has 2 aromatic carbocycles. The van der Waals surface area contributed by atoms with Crippen LogP contribution in [0.25, 0.3) is 11.0 Å². The first-order valence-electron chi connectivity index (χ1n) is 6.51. The summed E-state index contributed by atoms with van der Waals surface area (Å²) >= 11 is 5.96. The number of benzene rings is 2. The van der Waals surface area contributed by atoms with Gasteiger partial charge in [0.15, 0.2) is 6.10 Å². The monoisotopic (exact) mass is 286 g/mol. The number of hydrogen-bond donors (Lipinski definition) is 1. The predicted octanol–water partition coefficient (Wildman–Crippen LogP) is 4.66. The van der Waals surface area contributed by atoms with E-state index in [-0.39, 0.29) is 6.10 Å². The highest BCUT2D eigenvalue weighted by atomic mass is 35.5. The highest BCUT2D eigenvalue weighted by molar-refractivity contribution is 6.30. The molecule has 0 amide bonds. The molecule has 1 N–H and O–H groups in total. The second kappa shape index (κ2) is 5.17. The fraction of sp³-hybridized carbons (Fsp3) is 0.188. The Morgan fingerprint density at radius 3 is 2.75 bits per heavy atom. The maximum Gasteiger partial charge on any atom is 0.153 e. The van der Waals surface area contributed by atoms with Gasteiger partial charge in [0.05, 0.1) is 11.0 Å². The minimum absolute atomic E-state index is 0.166. The van der Waals surface area contributed by atoms with Gasteiger partial charge in [-0.15, -0.1) is 0 Å². The van der Waals surface area contributed by atoms with Crippen molar-refractivity contribution in [1.29, 1.82) is 0 Å². The summed E-state index contributed by atoms with van der Waals surface area (Å²) in [6, 6.07) is 13.5. The first-order valence-corrected chi connectivity index (χ1v) is 6.89. The van der Waals surface area contributed by atoms with E-state index in [1.54, 1.807) is 6.07 Å². The lowest BCUT2D eigenvalue weighted by atomic mass is 10.2. The first kappa shape index (κ1) is 13.0. The maximum atomic E-state index is 5.96. The van der Waals surface area contributed by atoms with E-state index in [4.69, 9.17) is 16.3 Å². The minimum atomic E-state index is -0.166. The summed E-state index contributed by atoms with van der Waals surface area (Å²) in [6.45, 7) is 4.02. The molecule has 1 aromatic heterocycles. The lowest BCUT2D eigenvalue weighted by molar-refractivity contribution is 0.218. The van der Waals surface area contributed by atoms with Crippen LogP contribution >= 0.6 is 11.6 Å². The summed E-state index contributed by atoms with van der Waals surface area (Å²) < 4.78 is 5.87. The Balaban J connectivity index is 1.89. The summed E-state index contributed by atoms with van der Waals surface area (Å²) in [5.74, 6) is 1.55. The number of halogens is 1. The first-order chi connectivity index (χ1) is 9.63. The molecule has 4 heteroatoms. The molecular formula is C16H15ClN2O. The Morgan fingerprint density at radius 1 is 1.20 bits per heavy atom. The fourth-order valence-electron chi connectivity index (χ4n) is 2.19. The second-order valence-corrected chi connectivity index (χ2v) is 5.25. The van der Waals surface area contributed by atoms with Crippen molar-refractivity contribution in [2.75, 3.05) is 0 Å². The number of hydrogen-bond acceptors (Lipinski definition) is 2. The quantitative estimate of drug-likeness (QED) is 0.760. The van der Waals surface area contributed by atoms with Gasteiger partial charge >= 0.3 is 0 Å². The number of aromatic nitrogens is 2. The highest BCUT2D eigenvalue weighted by Gasteiger charge is 2.13. The Morgan fingerprint density at radius 2 is 2.00 bits per heavy atom. The molecular weight excluding hydrogens is 272 g/mol. The summed E-state index contributed by atoms with van der Waals surface area (Å²) in [5.41, 5.74) is 3.17. The number of nitrogens with zero attached hydrogens (tertiary/aromatic N) is 1. The Hall–Kier alpha value is -2.00. The molecule has 0 saturated heterocycles.